The molecular formula is C11H13F3O. The number of ether oxygens (including phenoxy) is 1. The molecule has 0 saturated heterocycles. The maximum absolute atomic E-state index is 12.0. The van der Waals surface area contributed by atoms with Crippen LogP contribution in [0, 0.1) is 6.92 Å². The number of alkyl halides is 3. The zero-order valence-corrected chi connectivity index (χ0v) is 8.85. The van der Waals surface area contributed by atoms with Crippen molar-refractivity contribution in [3.8, 4) is 5.75 Å². The van der Waals surface area contributed by atoms with Crippen molar-refractivity contribution < 1.29 is 17.9 Å². The van der Waals surface area contributed by atoms with Gasteiger partial charge in [-0.25, -0.2) is 0 Å². The van der Waals surface area contributed by atoms with Gasteiger partial charge in [-0.05, 0) is 30.0 Å². The lowest BCUT2D eigenvalue weighted by Crippen LogP contribution is -2.18. The van der Waals surface area contributed by atoms with E-state index in [1.807, 2.05) is 19.9 Å². The third-order valence-corrected chi connectivity index (χ3v) is 2.17. The lowest BCUT2D eigenvalue weighted by molar-refractivity contribution is -0.274. The maximum Gasteiger partial charge on any atom is 0.573 e. The molecule has 0 aliphatic carbocycles. The van der Waals surface area contributed by atoms with Crippen molar-refractivity contribution in [2.75, 3.05) is 0 Å². The summed E-state index contributed by atoms with van der Waals surface area (Å²) in [4.78, 5) is 0. The van der Waals surface area contributed by atoms with E-state index in [9.17, 15) is 13.2 Å². The number of halogens is 3. The van der Waals surface area contributed by atoms with Crippen LogP contribution < -0.4 is 4.74 Å². The first-order valence-electron chi connectivity index (χ1n) is 4.66. The number of hydrogen-bond donors (Lipinski definition) is 0. The van der Waals surface area contributed by atoms with E-state index >= 15 is 0 Å². The van der Waals surface area contributed by atoms with Crippen molar-refractivity contribution in [3.05, 3.63) is 29.3 Å². The molecule has 0 atom stereocenters. The Morgan fingerprint density at radius 2 is 1.80 bits per heavy atom. The van der Waals surface area contributed by atoms with Crippen molar-refractivity contribution in [1.29, 1.82) is 0 Å². The Morgan fingerprint density at radius 3 is 2.27 bits per heavy atom. The summed E-state index contributed by atoms with van der Waals surface area (Å²) in [6.45, 7) is 5.50. The molecule has 4 heteroatoms. The van der Waals surface area contributed by atoms with Crippen molar-refractivity contribution in [2.24, 2.45) is 0 Å². The summed E-state index contributed by atoms with van der Waals surface area (Å²) >= 11 is 0. The summed E-state index contributed by atoms with van der Waals surface area (Å²) in [5, 5.41) is 0. The molecule has 1 rings (SSSR count). The van der Waals surface area contributed by atoms with Crippen LogP contribution in [-0.4, -0.2) is 6.36 Å². The molecule has 0 unspecified atom stereocenters. The zero-order valence-electron chi connectivity index (χ0n) is 8.85. The highest BCUT2D eigenvalue weighted by Gasteiger charge is 2.32. The molecule has 0 aliphatic rings. The Balaban J connectivity index is 3.05. The number of rotatable bonds is 2. The highest BCUT2D eigenvalue weighted by molar-refractivity contribution is 5.40. The third-order valence-electron chi connectivity index (χ3n) is 2.17. The fourth-order valence-electron chi connectivity index (χ4n) is 1.49. The molecule has 0 aliphatic heterocycles. The van der Waals surface area contributed by atoms with Crippen molar-refractivity contribution in [2.45, 2.75) is 33.1 Å². The summed E-state index contributed by atoms with van der Waals surface area (Å²) < 4.78 is 40.0. The van der Waals surface area contributed by atoms with Gasteiger partial charge in [0.05, 0.1) is 0 Å². The van der Waals surface area contributed by atoms with Crippen molar-refractivity contribution in [3.63, 3.8) is 0 Å². The fraction of sp³-hybridized carbons (Fsp3) is 0.455. The minimum absolute atomic E-state index is 0.117. The molecule has 0 saturated carbocycles. The molecule has 0 N–H and O–H groups in total. The first kappa shape index (κ1) is 11.9. The van der Waals surface area contributed by atoms with Crippen LogP contribution in [0.15, 0.2) is 18.2 Å². The summed E-state index contributed by atoms with van der Waals surface area (Å²) in [5.41, 5.74) is 1.42. The van der Waals surface area contributed by atoms with Crippen molar-refractivity contribution >= 4 is 0 Å². The van der Waals surface area contributed by atoms with Crippen LogP contribution in [-0.2, 0) is 0 Å². The summed E-state index contributed by atoms with van der Waals surface area (Å²) in [5.74, 6) is 0.0653. The van der Waals surface area contributed by atoms with Gasteiger partial charge in [0.15, 0.2) is 0 Å². The fourth-order valence-corrected chi connectivity index (χ4v) is 1.49. The smallest absolute Gasteiger partial charge is 0.406 e. The highest BCUT2D eigenvalue weighted by atomic mass is 19.4. The van der Waals surface area contributed by atoms with E-state index in [2.05, 4.69) is 4.74 Å². The molecule has 0 heterocycles. The second-order valence-electron chi connectivity index (χ2n) is 3.67. The minimum Gasteiger partial charge on any atom is -0.406 e. The molecule has 0 fully saturated rings. The Bertz CT molecular complexity index is 342. The van der Waals surface area contributed by atoms with Gasteiger partial charge in [-0.3, -0.25) is 0 Å². The molecule has 1 aromatic carbocycles. The first-order chi connectivity index (χ1) is 6.81. The van der Waals surface area contributed by atoms with Crippen molar-refractivity contribution in [1.82, 2.24) is 0 Å². The van der Waals surface area contributed by atoms with Crippen LogP contribution in [0.3, 0.4) is 0 Å². The van der Waals surface area contributed by atoms with Gasteiger partial charge in [0, 0.05) is 0 Å². The predicted octanol–water partition coefficient (Wildman–Crippen LogP) is 4.02. The standard InChI is InChI=1S/C11H13F3O/c1-7(2)9-5-4-6-10(8(9)3)15-11(12,13)14/h4-7H,1-3H3. The van der Waals surface area contributed by atoms with Gasteiger partial charge in [-0.2, -0.15) is 0 Å². The number of hydrogen-bond acceptors (Lipinski definition) is 1. The van der Waals surface area contributed by atoms with Crippen LogP contribution in [0.1, 0.15) is 30.9 Å². The summed E-state index contributed by atoms with van der Waals surface area (Å²) in [6.07, 6.45) is -4.62. The van der Waals surface area contributed by atoms with Gasteiger partial charge in [0.25, 0.3) is 0 Å². The van der Waals surface area contributed by atoms with E-state index in [4.69, 9.17) is 0 Å². The average molecular weight is 218 g/mol. The minimum atomic E-state index is -4.62. The van der Waals surface area contributed by atoms with Gasteiger partial charge in [-0.15, -0.1) is 13.2 Å². The van der Waals surface area contributed by atoms with Crippen LogP contribution in [0.2, 0.25) is 0 Å². The second kappa shape index (κ2) is 4.13. The largest absolute Gasteiger partial charge is 0.573 e. The molecule has 1 nitrogen and oxygen atoms in total. The first-order valence-corrected chi connectivity index (χ1v) is 4.66. The van der Waals surface area contributed by atoms with Gasteiger partial charge < -0.3 is 4.74 Å². The zero-order chi connectivity index (χ0) is 11.6. The lowest BCUT2D eigenvalue weighted by atomic mass is 9.98. The lowest BCUT2D eigenvalue weighted by Gasteiger charge is -2.15. The quantitative estimate of drug-likeness (QED) is 0.728. The Labute approximate surface area is 86.9 Å². The Morgan fingerprint density at radius 1 is 1.20 bits per heavy atom. The highest BCUT2D eigenvalue weighted by Crippen LogP contribution is 2.30. The molecular weight excluding hydrogens is 205 g/mol. The summed E-state index contributed by atoms with van der Waals surface area (Å²) in [7, 11) is 0. The van der Waals surface area contributed by atoms with E-state index in [1.54, 1.807) is 13.0 Å². The third kappa shape index (κ3) is 3.15. The second-order valence-corrected chi connectivity index (χ2v) is 3.67. The molecule has 0 spiro atoms. The Kier molecular flexibility index (Phi) is 3.27. The normalized spacial score (nSPS) is 11.9. The average Bonchev–Trinajstić information content (AvgIpc) is 2.05. The number of benzene rings is 1. The molecule has 0 bridgehead atoms. The van der Waals surface area contributed by atoms with Crippen LogP contribution >= 0.6 is 0 Å². The van der Waals surface area contributed by atoms with Gasteiger partial charge in [-0.1, -0.05) is 26.0 Å². The Hall–Kier alpha value is -1.19. The monoisotopic (exact) mass is 218 g/mol. The van der Waals surface area contributed by atoms with Gasteiger partial charge in [0.1, 0.15) is 5.75 Å². The van der Waals surface area contributed by atoms with E-state index in [0.29, 0.717) is 5.56 Å². The molecule has 0 aromatic heterocycles. The molecule has 0 radical (unpaired) electrons. The SMILES string of the molecule is Cc1c(OC(F)(F)F)cccc1C(C)C. The van der Waals surface area contributed by atoms with Crippen LogP contribution in [0.5, 0.6) is 5.75 Å². The van der Waals surface area contributed by atoms with E-state index in [0.717, 1.165) is 5.56 Å². The van der Waals surface area contributed by atoms with Gasteiger partial charge in [0.2, 0.25) is 0 Å². The molecule has 84 valence electrons. The van der Waals surface area contributed by atoms with E-state index < -0.39 is 6.36 Å². The van der Waals surface area contributed by atoms with E-state index in [1.165, 1.54) is 6.07 Å². The molecule has 15 heavy (non-hydrogen) atoms. The molecule has 1 aromatic rings. The van der Waals surface area contributed by atoms with E-state index in [-0.39, 0.29) is 11.7 Å². The molecule has 0 amide bonds. The van der Waals surface area contributed by atoms with Crippen LogP contribution in [0.25, 0.3) is 0 Å². The summed E-state index contributed by atoms with van der Waals surface area (Å²) in [6, 6.07) is 4.71. The topological polar surface area (TPSA) is 9.23 Å². The van der Waals surface area contributed by atoms with Gasteiger partial charge >= 0.3 is 6.36 Å². The van der Waals surface area contributed by atoms with Crippen LogP contribution in [0.4, 0.5) is 13.2 Å². The predicted molar refractivity (Wildman–Crippen MR) is 52.0 cm³/mol. The maximum atomic E-state index is 12.0.